The normalized spacial score (nSPS) is 24.9. The van der Waals surface area contributed by atoms with Crippen molar-refractivity contribution in [3.8, 4) is 0 Å². The lowest BCUT2D eigenvalue weighted by atomic mass is 10.0. The lowest BCUT2D eigenvalue weighted by molar-refractivity contribution is 0.207. The fourth-order valence-electron chi connectivity index (χ4n) is 2.74. The number of aliphatic hydroxyl groups is 1. The van der Waals surface area contributed by atoms with Crippen molar-refractivity contribution in [2.75, 3.05) is 26.2 Å². The summed E-state index contributed by atoms with van der Waals surface area (Å²) in [5, 5.41) is 13.0. The zero-order chi connectivity index (χ0) is 12.7. The minimum absolute atomic E-state index is 0.270. The SMILES string of the molecule is CCN1CCCC(NC(CO)CC(C)C)CC1. The largest absolute Gasteiger partial charge is 0.395 e. The van der Waals surface area contributed by atoms with Crippen LogP contribution in [0.2, 0.25) is 0 Å². The van der Waals surface area contributed by atoms with Gasteiger partial charge in [0.1, 0.15) is 0 Å². The lowest BCUT2D eigenvalue weighted by Crippen LogP contribution is -2.41. The molecular weight excluding hydrogens is 212 g/mol. The number of hydrogen-bond donors (Lipinski definition) is 2. The summed E-state index contributed by atoms with van der Waals surface area (Å²) in [6, 6.07) is 0.885. The molecule has 1 heterocycles. The second kappa shape index (κ2) is 8.06. The van der Waals surface area contributed by atoms with Crippen LogP contribution in [0.4, 0.5) is 0 Å². The van der Waals surface area contributed by atoms with Crippen LogP contribution < -0.4 is 5.32 Å². The minimum Gasteiger partial charge on any atom is -0.395 e. The van der Waals surface area contributed by atoms with Gasteiger partial charge in [-0.25, -0.2) is 0 Å². The monoisotopic (exact) mass is 242 g/mol. The number of nitrogens with zero attached hydrogens (tertiary/aromatic N) is 1. The third-order valence-corrected chi connectivity index (χ3v) is 3.72. The molecule has 1 aliphatic heterocycles. The Kier molecular flexibility index (Phi) is 7.09. The predicted molar refractivity (Wildman–Crippen MR) is 73.2 cm³/mol. The minimum atomic E-state index is 0.270. The first-order valence-corrected chi connectivity index (χ1v) is 7.25. The topological polar surface area (TPSA) is 35.5 Å². The lowest BCUT2D eigenvalue weighted by Gasteiger charge is -2.25. The average molecular weight is 242 g/mol. The quantitative estimate of drug-likeness (QED) is 0.746. The molecular formula is C14H30N2O. The Morgan fingerprint density at radius 1 is 1.29 bits per heavy atom. The Hall–Kier alpha value is -0.120. The third kappa shape index (κ3) is 5.84. The molecule has 1 rings (SSSR count). The van der Waals surface area contributed by atoms with Crippen LogP contribution >= 0.6 is 0 Å². The van der Waals surface area contributed by atoms with Crippen LogP contribution in [0.3, 0.4) is 0 Å². The van der Waals surface area contributed by atoms with Crippen molar-refractivity contribution in [1.29, 1.82) is 0 Å². The van der Waals surface area contributed by atoms with Crippen LogP contribution in [0.1, 0.15) is 46.5 Å². The van der Waals surface area contributed by atoms with Gasteiger partial charge in [0, 0.05) is 12.1 Å². The van der Waals surface area contributed by atoms with Crippen LogP contribution in [0.15, 0.2) is 0 Å². The van der Waals surface area contributed by atoms with Gasteiger partial charge in [0.05, 0.1) is 6.61 Å². The van der Waals surface area contributed by atoms with Crippen molar-refractivity contribution in [2.24, 2.45) is 5.92 Å². The molecule has 17 heavy (non-hydrogen) atoms. The molecule has 1 fully saturated rings. The Labute approximate surface area is 107 Å². The first-order valence-electron chi connectivity index (χ1n) is 7.25. The Morgan fingerprint density at radius 2 is 2.06 bits per heavy atom. The summed E-state index contributed by atoms with van der Waals surface area (Å²) in [7, 11) is 0. The maximum Gasteiger partial charge on any atom is 0.0584 e. The molecule has 102 valence electrons. The smallest absolute Gasteiger partial charge is 0.0584 e. The molecule has 0 amide bonds. The van der Waals surface area contributed by atoms with Gasteiger partial charge in [0.2, 0.25) is 0 Å². The second-order valence-electron chi connectivity index (χ2n) is 5.74. The van der Waals surface area contributed by atoms with Crippen LogP contribution in [-0.4, -0.2) is 48.3 Å². The van der Waals surface area contributed by atoms with E-state index in [-0.39, 0.29) is 12.6 Å². The van der Waals surface area contributed by atoms with Gasteiger partial charge in [-0.05, 0) is 51.2 Å². The molecule has 1 aliphatic rings. The fourth-order valence-corrected chi connectivity index (χ4v) is 2.74. The molecule has 2 N–H and O–H groups in total. The van der Waals surface area contributed by atoms with Crippen molar-refractivity contribution in [2.45, 2.75) is 58.5 Å². The zero-order valence-corrected chi connectivity index (χ0v) is 11.8. The van der Waals surface area contributed by atoms with Gasteiger partial charge in [-0.3, -0.25) is 0 Å². The van der Waals surface area contributed by atoms with Crippen LogP contribution in [0, 0.1) is 5.92 Å². The van der Waals surface area contributed by atoms with E-state index >= 15 is 0 Å². The first-order chi connectivity index (χ1) is 8.15. The highest BCUT2D eigenvalue weighted by atomic mass is 16.3. The van der Waals surface area contributed by atoms with Crippen molar-refractivity contribution >= 4 is 0 Å². The van der Waals surface area contributed by atoms with E-state index in [4.69, 9.17) is 0 Å². The van der Waals surface area contributed by atoms with Crippen molar-refractivity contribution in [3.63, 3.8) is 0 Å². The van der Waals surface area contributed by atoms with E-state index in [9.17, 15) is 5.11 Å². The van der Waals surface area contributed by atoms with Crippen LogP contribution in [-0.2, 0) is 0 Å². The number of likely N-dealkylation sites (tertiary alicyclic amines) is 1. The summed E-state index contributed by atoms with van der Waals surface area (Å²) < 4.78 is 0. The molecule has 3 heteroatoms. The number of rotatable bonds is 6. The van der Waals surface area contributed by atoms with Crippen molar-refractivity contribution in [3.05, 3.63) is 0 Å². The van der Waals surface area contributed by atoms with Crippen LogP contribution in [0.25, 0.3) is 0 Å². The maximum absolute atomic E-state index is 9.40. The molecule has 0 saturated carbocycles. The Morgan fingerprint density at radius 3 is 2.65 bits per heavy atom. The number of nitrogens with one attached hydrogen (secondary N) is 1. The fraction of sp³-hybridized carbons (Fsp3) is 1.00. The number of hydrogen-bond acceptors (Lipinski definition) is 3. The molecule has 2 unspecified atom stereocenters. The zero-order valence-electron chi connectivity index (χ0n) is 11.8. The molecule has 0 radical (unpaired) electrons. The predicted octanol–water partition coefficient (Wildman–Crippen LogP) is 1.86. The van der Waals surface area contributed by atoms with E-state index in [2.05, 4.69) is 31.0 Å². The van der Waals surface area contributed by atoms with E-state index in [1.807, 2.05) is 0 Å². The van der Waals surface area contributed by atoms with Gasteiger partial charge in [-0.15, -0.1) is 0 Å². The molecule has 0 aromatic heterocycles. The molecule has 2 atom stereocenters. The summed E-state index contributed by atoms with van der Waals surface area (Å²) in [5.41, 5.74) is 0. The van der Waals surface area contributed by atoms with Gasteiger partial charge in [-0.1, -0.05) is 20.8 Å². The summed E-state index contributed by atoms with van der Waals surface area (Å²) >= 11 is 0. The first kappa shape index (κ1) is 14.9. The molecule has 0 aromatic rings. The Balaban J connectivity index is 2.34. The molecule has 0 bridgehead atoms. The van der Waals surface area contributed by atoms with Gasteiger partial charge in [0.25, 0.3) is 0 Å². The van der Waals surface area contributed by atoms with Gasteiger partial charge in [0.15, 0.2) is 0 Å². The van der Waals surface area contributed by atoms with Crippen molar-refractivity contribution < 1.29 is 5.11 Å². The second-order valence-corrected chi connectivity index (χ2v) is 5.74. The highest BCUT2D eigenvalue weighted by Crippen LogP contribution is 2.13. The molecule has 3 nitrogen and oxygen atoms in total. The van der Waals surface area contributed by atoms with Crippen LogP contribution in [0.5, 0.6) is 0 Å². The summed E-state index contributed by atoms with van der Waals surface area (Å²) in [5.74, 6) is 0.651. The van der Waals surface area contributed by atoms with Gasteiger partial charge < -0.3 is 15.3 Å². The van der Waals surface area contributed by atoms with E-state index in [0.717, 1.165) is 6.42 Å². The van der Waals surface area contributed by atoms with Gasteiger partial charge in [-0.2, -0.15) is 0 Å². The summed E-state index contributed by atoms with van der Waals surface area (Å²) in [6.07, 6.45) is 4.84. The van der Waals surface area contributed by atoms with E-state index in [1.54, 1.807) is 0 Å². The number of aliphatic hydroxyl groups excluding tert-OH is 1. The van der Waals surface area contributed by atoms with E-state index < -0.39 is 0 Å². The third-order valence-electron chi connectivity index (χ3n) is 3.72. The van der Waals surface area contributed by atoms with Crippen molar-refractivity contribution in [1.82, 2.24) is 10.2 Å². The average Bonchev–Trinajstić information content (AvgIpc) is 2.52. The van der Waals surface area contributed by atoms with E-state index in [1.165, 1.54) is 38.9 Å². The molecule has 1 saturated heterocycles. The molecule has 0 aromatic carbocycles. The standard InChI is InChI=1S/C14H30N2O/c1-4-16-8-5-6-13(7-9-16)15-14(11-17)10-12(2)3/h12-15,17H,4-11H2,1-3H3. The van der Waals surface area contributed by atoms with Gasteiger partial charge >= 0.3 is 0 Å². The van der Waals surface area contributed by atoms with E-state index in [0.29, 0.717) is 12.0 Å². The summed E-state index contributed by atoms with van der Waals surface area (Å²) in [4.78, 5) is 2.53. The molecule has 0 aliphatic carbocycles. The summed E-state index contributed by atoms with van der Waals surface area (Å²) in [6.45, 7) is 10.6. The molecule has 0 spiro atoms. The highest BCUT2D eigenvalue weighted by Gasteiger charge is 2.19. The highest BCUT2D eigenvalue weighted by molar-refractivity contribution is 4.79. The maximum atomic E-state index is 9.40. The Bertz CT molecular complexity index is 197.